The first-order chi connectivity index (χ1) is 11.9. The molecule has 0 spiro atoms. The number of allylic oxidation sites excluding steroid dienone is 1. The molecule has 0 unspecified atom stereocenters. The Balaban J connectivity index is 2.07. The van der Waals surface area contributed by atoms with Crippen LogP contribution in [0.5, 0.6) is 0 Å². The van der Waals surface area contributed by atoms with Gasteiger partial charge in [0.2, 0.25) is 0 Å². The average molecular weight is 335 g/mol. The summed E-state index contributed by atoms with van der Waals surface area (Å²) in [5, 5.41) is 0. The van der Waals surface area contributed by atoms with E-state index in [0.29, 0.717) is 0 Å². The summed E-state index contributed by atoms with van der Waals surface area (Å²) in [6, 6.07) is 17.8. The maximum absolute atomic E-state index is 2.56. The molecule has 2 aromatic carbocycles. The van der Waals surface area contributed by atoms with Crippen molar-refractivity contribution in [3.8, 4) is 0 Å². The van der Waals surface area contributed by atoms with Crippen molar-refractivity contribution in [1.29, 1.82) is 0 Å². The summed E-state index contributed by atoms with van der Waals surface area (Å²) in [6.45, 7) is 6.79. The van der Waals surface area contributed by atoms with E-state index < -0.39 is 0 Å². The van der Waals surface area contributed by atoms with Gasteiger partial charge in [0, 0.05) is 36.7 Å². The Hall–Kier alpha value is -2.22. The van der Waals surface area contributed by atoms with Crippen molar-refractivity contribution in [2.75, 3.05) is 23.9 Å². The number of nitrogens with zero attached hydrogens (tertiary/aromatic N) is 2. The molecule has 0 bridgehead atoms. The van der Waals surface area contributed by atoms with Crippen LogP contribution in [0.4, 0.5) is 17.1 Å². The highest BCUT2D eigenvalue weighted by molar-refractivity contribution is 5.71. The lowest BCUT2D eigenvalue weighted by Gasteiger charge is -2.47. The van der Waals surface area contributed by atoms with Gasteiger partial charge in [0.25, 0.3) is 0 Å². The maximum atomic E-state index is 2.56. The monoisotopic (exact) mass is 334 g/mol. The molecule has 2 heteroatoms. The number of anilines is 3. The van der Waals surface area contributed by atoms with Crippen LogP contribution in [0.1, 0.15) is 39.2 Å². The first-order valence-electron chi connectivity index (χ1n) is 9.20. The van der Waals surface area contributed by atoms with Crippen LogP contribution in [0.25, 0.3) is 0 Å². The average Bonchev–Trinajstić information content (AvgIpc) is 2.60. The van der Waals surface area contributed by atoms with Gasteiger partial charge in [-0.1, -0.05) is 29.8 Å². The van der Waals surface area contributed by atoms with Crippen LogP contribution in [0, 0.1) is 0 Å². The Labute approximate surface area is 152 Å². The van der Waals surface area contributed by atoms with Crippen LogP contribution in [-0.4, -0.2) is 19.6 Å². The minimum atomic E-state index is 0.102. The van der Waals surface area contributed by atoms with E-state index in [1.165, 1.54) is 34.6 Å². The third-order valence-corrected chi connectivity index (χ3v) is 5.28. The molecule has 1 aliphatic rings. The Morgan fingerprint density at radius 1 is 1.08 bits per heavy atom. The molecule has 0 amide bonds. The molecule has 0 aromatic heterocycles. The highest BCUT2D eigenvalue weighted by Gasteiger charge is 2.36. The lowest BCUT2D eigenvalue weighted by molar-refractivity contribution is 0.411. The van der Waals surface area contributed by atoms with Crippen LogP contribution in [0.3, 0.4) is 0 Å². The summed E-state index contributed by atoms with van der Waals surface area (Å²) in [4.78, 5) is 4.71. The highest BCUT2D eigenvalue weighted by atomic mass is 15.2. The summed E-state index contributed by atoms with van der Waals surface area (Å²) in [7, 11) is 4.17. The second-order valence-corrected chi connectivity index (χ2v) is 7.86. The highest BCUT2D eigenvalue weighted by Crippen LogP contribution is 2.44. The van der Waals surface area contributed by atoms with E-state index in [4.69, 9.17) is 0 Å². The Kier molecular flexibility index (Phi) is 4.89. The van der Waals surface area contributed by atoms with Gasteiger partial charge in [-0.25, -0.2) is 0 Å². The van der Waals surface area contributed by atoms with Gasteiger partial charge in [-0.15, -0.1) is 0 Å². The van der Waals surface area contributed by atoms with Crippen molar-refractivity contribution in [2.45, 2.75) is 45.6 Å². The zero-order valence-electron chi connectivity index (χ0n) is 16.2. The van der Waals surface area contributed by atoms with Gasteiger partial charge in [0.1, 0.15) is 0 Å². The van der Waals surface area contributed by atoms with Crippen molar-refractivity contribution in [3.05, 3.63) is 65.7 Å². The summed E-state index contributed by atoms with van der Waals surface area (Å²) in [5.74, 6) is 0. The lowest BCUT2D eigenvalue weighted by Crippen LogP contribution is -2.46. The van der Waals surface area contributed by atoms with Crippen LogP contribution in [0.15, 0.2) is 60.2 Å². The first kappa shape index (κ1) is 17.6. The van der Waals surface area contributed by atoms with E-state index in [2.05, 4.69) is 99.3 Å². The van der Waals surface area contributed by atoms with E-state index in [-0.39, 0.29) is 5.54 Å². The molecule has 1 atom stereocenters. The smallest absolute Gasteiger partial charge is 0.0461 e. The number of rotatable bonds is 4. The molecule has 1 aliphatic heterocycles. The molecule has 0 N–H and O–H groups in total. The molecule has 0 radical (unpaired) electrons. The van der Waals surface area contributed by atoms with Crippen molar-refractivity contribution >= 4 is 17.1 Å². The van der Waals surface area contributed by atoms with Gasteiger partial charge in [-0.3, -0.25) is 0 Å². The number of benzene rings is 2. The molecule has 1 heterocycles. The number of hydrogen-bond donors (Lipinski definition) is 0. The molecule has 2 nitrogen and oxygen atoms in total. The Morgan fingerprint density at radius 2 is 1.76 bits per heavy atom. The molecular formula is C23H30N2. The minimum Gasteiger partial charge on any atom is -0.378 e. The number of para-hydroxylation sites is 1. The van der Waals surface area contributed by atoms with Gasteiger partial charge < -0.3 is 9.80 Å². The molecule has 0 aliphatic carbocycles. The number of hydrogen-bond acceptors (Lipinski definition) is 2. The predicted molar refractivity (Wildman–Crippen MR) is 110 cm³/mol. The second kappa shape index (κ2) is 6.95. The zero-order valence-corrected chi connectivity index (χ0v) is 16.2. The summed E-state index contributed by atoms with van der Waals surface area (Å²) in [6.07, 6.45) is 5.77. The molecule has 0 saturated carbocycles. The van der Waals surface area contributed by atoms with Crippen molar-refractivity contribution < 1.29 is 0 Å². The predicted octanol–water partition coefficient (Wildman–Crippen LogP) is 5.95. The maximum Gasteiger partial charge on any atom is 0.0461 e. The van der Waals surface area contributed by atoms with E-state index in [1.807, 2.05) is 0 Å². The summed E-state index contributed by atoms with van der Waals surface area (Å²) < 4.78 is 0. The fraction of sp³-hybridized carbons (Fsp3) is 0.391. The Morgan fingerprint density at radius 3 is 2.40 bits per heavy atom. The van der Waals surface area contributed by atoms with Crippen LogP contribution < -0.4 is 9.80 Å². The number of fused-ring (bicyclic) bond motifs is 1. The van der Waals surface area contributed by atoms with Gasteiger partial charge in [0.15, 0.2) is 0 Å². The van der Waals surface area contributed by atoms with Crippen LogP contribution in [-0.2, 0) is 6.42 Å². The molecule has 0 fully saturated rings. The fourth-order valence-electron chi connectivity index (χ4n) is 3.71. The minimum absolute atomic E-state index is 0.102. The largest absolute Gasteiger partial charge is 0.378 e. The van der Waals surface area contributed by atoms with E-state index in [9.17, 15) is 0 Å². The zero-order chi connectivity index (χ0) is 18.0. The molecule has 2 aromatic rings. The summed E-state index contributed by atoms with van der Waals surface area (Å²) in [5.41, 5.74) is 6.82. The van der Waals surface area contributed by atoms with E-state index in [1.54, 1.807) is 0 Å². The SMILES string of the molecule is CC(C)=CC[C@@]1(C)CCc2ccccc2N1c1ccc(N(C)C)cc1. The van der Waals surface area contributed by atoms with Gasteiger partial charge in [-0.05, 0) is 75.9 Å². The molecule has 25 heavy (non-hydrogen) atoms. The van der Waals surface area contributed by atoms with Crippen molar-refractivity contribution in [2.24, 2.45) is 0 Å². The molecular weight excluding hydrogens is 304 g/mol. The Bertz CT molecular complexity index is 754. The van der Waals surface area contributed by atoms with Gasteiger partial charge >= 0.3 is 0 Å². The van der Waals surface area contributed by atoms with Crippen molar-refractivity contribution in [3.63, 3.8) is 0 Å². The third-order valence-electron chi connectivity index (χ3n) is 5.28. The van der Waals surface area contributed by atoms with E-state index >= 15 is 0 Å². The van der Waals surface area contributed by atoms with Crippen LogP contribution in [0.2, 0.25) is 0 Å². The number of aryl methyl sites for hydroxylation is 1. The third kappa shape index (κ3) is 3.58. The second-order valence-electron chi connectivity index (χ2n) is 7.86. The van der Waals surface area contributed by atoms with E-state index in [0.717, 1.165) is 12.8 Å². The molecule has 0 saturated heterocycles. The quantitative estimate of drug-likeness (QED) is 0.637. The molecule has 3 rings (SSSR count). The lowest BCUT2D eigenvalue weighted by atomic mass is 9.82. The summed E-state index contributed by atoms with van der Waals surface area (Å²) >= 11 is 0. The fourth-order valence-corrected chi connectivity index (χ4v) is 3.71. The van der Waals surface area contributed by atoms with Gasteiger partial charge in [0.05, 0.1) is 0 Å². The molecule has 132 valence electrons. The first-order valence-corrected chi connectivity index (χ1v) is 9.20. The van der Waals surface area contributed by atoms with Gasteiger partial charge in [-0.2, -0.15) is 0 Å². The van der Waals surface area contributed by atoms with Crippen LogP contribution >= 0.6 is 0 Å². The standard InChI is InChI=1S/C23H30N2/c1-18(2)14-16-23(3)17-15-19-8-6-7-9-22(19)25(23)21-12-10-20(11-13-21)24(4)5/h6-14H,15-17H2,1-5H3/t23-/m0/s1. The topological polar surface area (TPSA) is 6.48 Å². The normalized spacial score (nSPS) is 19.3. The van der Waals surface area contributed by atoms with Crippen molar-refractivity contribution in [1.82, 2.24) is 0 Å².